The number of pyridine rings is 1. The van der Waals surface area contributed by atoms with Crippen LogP contribution in [0.3, 0.4) is 0 Å². The van der Waals surface area contributed by atoms with Crippen LogP contribution in [-0.2, 0) is 7.05 Å². The number of benzene rings is 2. The molecule has 0 aliphatic rings. The summed E-state index contributed by atoms with van der Waals surface area (Å²) in [6.07, 6.45) is 1.72. The third-order valence-electron chi connectivity index (χ3n) is 4.45. The molecule has 5 heteroatoms. The number of ether oxygens (including phenoxy) is 1. The molecule has 2 heterocycles. The van der Waals surface area contributed by atoms with Gasteiger partial charge in [-0.3, -0.25) is 9.13 Å². The summed E-state index contributed by atoms with van der Waals surface area (Å²) in [5, 5.41) is 0. The normalized spacial score (nSPS) is 11.0. The Kier molecular flexibility index (Phi) is 4.05. The number of aryl methyl sites for hydroxylation is 1. The van der Waals surface area contributed by atoms with Crippen molar-refractivity contribution in [2.75, 3.05) is 6.61 Å². The van der Waals surface area contributed by atoms with Crippen LogP contribution in [0.4, 0.5) is 0 Å². The fourth-order valence-corrected chi connectivity index (χ4v) is 3.19. The lowest BCUT2D eigenvalue weighted by atomic mass is 10.1. The summed E-state index contributed by atoms with van der Waals surface area (Å²) in [5.41, 5.74) is 4.51. The lowest BCUT2D eigenvalue weighted by Crippen LogP contribution is -2.20. The highest BCUT2D eigenvalue weighted by molar-refractivity contribution is 5.78. The van der Waals surface area contributed by atoms with E-state index in [1.807, 2.05) is 67.6 Å². The minimum atomic E-state index is -0.0599. The number of imidazole rings is 1. The van der Waals surface area contributed by atoms with E-state index < -0.39 is 0 Å². The average molecular weight is 345 g/mol. The zero-order valence-electron chi connectivity index (χ0n) is 14.7. The van der Waals surface area contributed by atoms with E-state index in [0.717, 1.165) is 27.8 Å². The molecule has 0 aliphatic carbocycles. The first kappa shape index (κ1) is 16.1. The van der Waals surface area contributed by atoms with Gasteiger partial charge in [-0.05, 0) is 48.9 Å². The smallest absolute Gasteiger partial charge is 0.333 e. The van der Waals surface area contributed by atoms with Gasteiger partial charge in [-0.1, -0.05) is 24.3 Å². The summed E-state index contributed by atoms with van der Waals surface area (Å²) < 4.78 is 9.01. The molecule has 2 aromatic carbocycles. The molecule has 4 aromatic rings. The topological polar surface area (TPSA) is 49.1 Å². The summed E-state index contributed by atoms with van der Waals surface area (Å²) >= 11 is 0. The van der Waals surface area contributed by atoms with Crippen molar-refractivity contribution in [2.45, 2.75) is 6.92 Å². The van der Waals surface area contributed by atoms with Crippen molar-refractivity contribution in [3.63, 3.8) is 0 Å². The van der Waals surface area contributed by atoms with E-state index in [1.165, 1.54) is 0 Å². The van der Waals surface area contributed by atoms with E-state index in [-0.39, 0.29) is 5.69 Å². The molecule has 0 spiro atoms. The molecule has 0 amide bonds. The molecule has 2 aromatic heterocycles. The van der Waals surface area contributed by atoms with Gasteiger partial charge < -0.3 is 4.74 Å². The van der Waals surface area contributed by atoms with Gasteiger partial charge in [-0.15, -0.1) is 0 Å². The minimum Gasteiger partial charge on any atom is -0.478 e. The molecule has 0 atom stereocenters. The van der Waals surface area contributed by atoms with Crippen molar-refractivity contribution in [1.29, 1.82) is 0 Å². The van der Waals surface area contributed by atoms with Crippen LogP contribution in [0.15, 0.2) is 71.7 Å². The molecule has 0 radical (unpaired) electrons. The van der Waals surface area contributed by atoms with Crippen molar-refractivity contribution in [3.05, 3.63) is 77.3 Å². The number of para-hydroxylation sites is 2. The number of fused-ring (bicyclic) bond motifs is 1. The molecule has 0 saturated heterocycles. The number of hydrogen-bond donors (Lipinski definition) is 0. The van der Waals surface area contributed by atoms with Gasteiger partial charge in [-0.2, -0.15) is 0 Å². The predicted molar refractivity (Wildman–Crippen MR) is 103 cm³/mol. The summed E-state index contributed by atoms with van der Waals surface area (Å²) in [6.45, 7) is 2.50. The summed E-state index contributed by atoms with van der Waals surface area (Å²) in [6, 6.07) is 19.5. The molecule has 0 unspecified atom stereocenters. The predicted octanol–water partition coefficient (Wildman–Crippen LogP) is 3.79. The van der Waals surface area contributed by atoms with Crippen LogP contribution in [-0.4, -0.2) is 20.7 Å². The van der Waals surface area contributed by atoms with Gasteiger partial charge in [0.1, 0.15) is 0 Å². The van der Waals surface area contributed by atoms with Gasteiger partial charge in [-0.25, -0.2) is 9.78 Å². The molecule has 0 fully saturated rings. The molecule has 26 heavy (non-hydrogen) atoms. The lowest BCUT2D eigenvalue weighted by Gasteiger charge is -2.10. The largest absolute Gasteiger partial charge is 0.478 e. The Bertz CT molecular complexity index is 1120. The van der Waals surface area contributed by atoms with Crippen LogP contribution >= 0.6 is 0 Å². The van der Waals surface area contributed by atoms with Gasteiger partial charge in [0.15, 0.2) is 0 Å². The van der Waals surface area contributed by atoms with E-state index >= 15 is 0 Å². The van der Waals surface area contributed by atoms with Crippen molar-refractivity contribution >= 4 is 11.0 Å². The third-order valence-corrected chi connectivity index (χ3v) is 4.45. The molecular formula is C21H19N3O2. The first-order valence-corrected chi connectivity index (χ1v) is 8.56. The van der Waals surface area contributed by atoms with E-state index in [9.17, 15) is 4.79 Å². The Hall–Kier alpha value is -3.34. The maximum Gasteiger partial charge on any atom is 0.333 e. The minimum absolute atomic E-state index is 0.0599. The Morgan fingerprint density at radius 3 is 2.42 bits per heavy atom. The zero-order chi connectivity index (χ0) is 18.1. The lowest BCUT2D eigenvalue weighted by molar-refractivity contribution is 0.328. The molecular weight excluding hydrogens is 326 g/mol. The number of aromatic nitrogens is 3. The fraction of sp³-hybridized carbons (Fsp3) is 0.143. The molecule has 130 valence electrons. The summed E-state index contributed by atoms with van der Waals surface area (Å²) in [7, 11) is 1.79. The first-order valence-electron chi connectivity index (χ1n) is 8.56. The van der Waals surface area contributed by atoms with Crippen LogP contribution < -0.4 is 10.4 Å². The molecule has 4 rings (SSSR count). The van der Waals surface area contributed by atoms with Crippen molar-refractivity contribution in [3.8, 4) is 22.7 Å². The summed E-state index contributed by atoms with van der Waals surface area (Å²) in [5.74, 6) is 0.616. The maximum absolute atomic E-state index is 12.7. The van der Waals surface area contributed by atoms with Gasteiger partial charge in [0.2, 0.25) is 5.88 Å². The zero-order valence-corrected chi connectivity index (χ0v) is 14.7. The van der Waals surface area contributed by atoms with E-state index in [0.29, 0.717) is 12.5 Å². The van der Waals surface area contributed by atoms with Gasteiger partial charge in [0, 0.05) is 18.8 Å². The molecule has 0 saturated carbocycles. The number of rotatable bonds is 4. The number of nitrogens with zero attached hydrogens (tertiary/aromatic N) is 3. The highest BCUT2D eigenvalue weighted by Crippen LogP contribution is 2.28. The molecule has 0 bridgehead atoms. The second kappa shape index (κ2) is 6.52. The second-order valence-electron chi connectivity index (χ2n) is 6.00. The highest BCUT2D eigenvalue weighted by atomic mass is 16.5. The van der Waals surface area contributed by atoms with Crippen LogP contribution in [0, 0.1) is 0 Å². The Morgan fingerprint density at radius 2 is 1.69 bits per heavy atom. The van der Waals surface area contributed by atoms with Crippen molar-refractivity contribution in [2.24, 2.45) is 7.05 Å². The Morgan fingerprint density at radius 1 is 0.962 bits per heavy atom. The maximum atomic E-state index is 12.7. The van der Waals surface area contributed by atoms with Gasteiger partial charge in [0.05, 0.1) is 23.3 Å². The number of hydrogen-bond acceptors (Lipinski definition) is 3. The summed E-state index contributed by atoms with van der Waals surface area (Å²) in [4.78, 5) is 17.0. The van der Waals surface area contributed by atoms with E-state index in [4.69, 9.17) is 4.74 Å². The molecule has 0 aliphatic heterocycles. The average Bonchev–Trinajstić information content (AvgIpc) is 2.94. The first-order chi connectivity index (χ1) is 12.7. The van der Waals surface area contributed by atoms with Crippen LogP contribution in [0.25, 0.3) is 27.8 Å². The van der Waals surface area contributed by atoms with Crippen LogP contribution in [0.5, 0.6) is 5.88 Å². The van der Waals surface area contributed by atoms with E-state index in [1.54, 1.807) is 22.4 Å². The van der Waals surface area contributed by atoms with Crippen molar-refractivity contribution in [1.82, 2.24) is 14.1 Å². The SMILES string of the molecule is CCOc1ncccc1-c1ccc(-n2c(=O)n(C)c3ccccc32)cc1. The van der Waals surface area contributed by atoms with Crippen LogP contribution in [0.2, 0.25) is 0 Å². The Balaban J connectivity index is 1.81. The third kappa shape index (κ3) is 2.58. The molecule has 0 N–H and O–H groups in total. The fourth-order valence-electron chi connectivity index (χ4n) is 3.19. The Labute approximate surface area is 151 Å². The molecule has 5 nitrogen and oxygen atoms in total. The van der Waals surface area contributed by atoms with Crippen molar-refractivity contribution < 1.29 is 4.74 Å². The second-order valence-corrected chi connectivity index (χ2v) is 6.00. The highest BCUT2D eigenvalue weighted by Gasteiger charge is 2.12. The van der Waals surface area contributed by atoms with E-state index in [2.05, 4.69) is 4.98 Å². The van der Waals surface area contributed by atoms with Crippen LogP contribution in [0.1, 0.15) is 6.92 Å². The quantitative estimate of drug-likeness (QED) is 0.565. The van der Waals surface area contributed by atoms with Gasteiger partial charge >= 0.3 is 5.69 Å². The standard InChI is InChI=1S/C21H19N3O2/c1-3-26-20-17(7-6-14-22-20)15-10-12-16(13-11-15)24-19-9-5-4-8-18(19)23(2)21(24)25/h4-14H,3H2,1-2H3. The monoisotopic (exact) mass is 345 g/mol. The van der Waals surface area contributed by atoms with Gasteiger partial charge in [0.25, 0.3) is 0 Å².